The number of benzene rings is 2. The molecule has 2 heterocycles. The van der Waals surface area contributed by atoms with Crippen molar-refractivity contribution in [1.82, 2.24) is 19.7 Å². The Kier molecular flexibility index (Phi) is 5.92. The molecule has 0 spiro atoms. The second-order valence-corrected chi connectivity index (χ2v) is 8.49. The Morgan fingerprint density at radius 3 is 2.60 bits per heavy atom. The quantitative estimate of drug-likeness (QED) is 0.289. The van der Waals surface area contributed by atoms with Crippen molar-refractivity contribution < 1.29 is 4.52 Å². The van der Waals surface area contributed by atoms with Crippen molar-refractivity contribution in [2.75, 3.05) is 0 Å². The molecule has 0 fully saturated rings. The molecule has 8 heteroatoms. The highest BCUT2D eigenvalue weighted by atomic mass is 35.5. The fourth-order valence-electron chi connectivity index (χ4n) is 3.18. The van der Waals surface area contributed by atoms with Crippen LogP contribution in [0.15, 0.2) is 56.9 Å². The molecule has 0 aliphatic heterocycles. The predicted octanol–water partition coefficient (Wildman–Crippen LogP) is 5.54. The van der Waals surface area contributed by atoms with Gasteiger partial charge in [0.25, 0.3) is 5.56 Å². The van der Waals surface area contributed by atoms with Crippen LogP contribution in [0.25, 0.3) is 16.6 Å². The third-order valence-corrected chi connectivity index (χ3v) is 6.20. The SMILES string of the molecule is CC[C@@H](C)c1ccc(-n2c(SCc3noc(C)n3)nc3ccc(Cl)cc3c2=O)cc1. The Labute approximate surface area is 183 Å². The van der Waals surface area contributed by atoms with Crippen LogP contribution in [0.4, 0.5) is 0 Å². The lowest BCUT2D eigenvalue weighted by atomic mass is 9.98. The van der Waals surface area contributed by atoms with Crippen molar-refractivity contribution in [2.24, 2.45) is 0 Å². The molecular weight excluding hydrogens is 420 g/mol. The predicted molar refractivity (Wildman–Crippen MR) is 120 cm³/mol. The maximum atomic E-state index is 13.4. The number of thioether (sulfide) groups is 1. The van der Waals surface area contributed by atoms with E-state index in [2.05, 4.69) is 36.1 Å². The summed E-state index contributed by atoms with van der Waals surface area (Å²) < 4.78 is 6.66. The van der Waals surface area contributed by atoms with Crippen LogP contribution < -0.4 is 5.56 Å². The molecule has 0 saturated carbocycles. The number of halogens is 1. The maximum Gasteiger partial charge on any atom is 0.266 e. The second kappa shape index (κ2) is 8.62. The summed E-state index contributed by atoms with van der Waals surface area (Å²) in [4.78, 5) is 22.4. The number of aromatic nitrogens is 4. The van der Waals surface area contributed by atoms with E-state index in [-0.39, 0.29) is 5.56 Å². The van der Waals surface area contributed by atoms with Crippen LogP contribution in [0, 0.1) is 6.92 Å². The standard InChI is InChI=1S/C22H21ClN4O2S/c1-4-13(2)15-5-8-17(9-6-15)27-21(28)18-11-16(23)7-10-19(18)25-22(27)30-12-20-24-14(3)29-26-20/h5-11,13H,4,12H2,1-3H3/t13-/m1/s1. The van der Waals surface area contributed by atoms with E-state index in [9.17, 15) is 4.79 Å². The summed E-state index contributed by atoms with van der Waals surface area (Å²) >= 11 is 7.53. The average molecular weight is 441 g/mol. The van der Waals surface area contributed by atoms with Crippen LogP contribution in [-0.2, 0) is 5.75 Å². The largest absolute Gasteiger partial charge is 0.340 e. The summed E-state index contributed by atoms with van der Waals surface area (Å²) in [5.41, 5.74) is 2.44. The van der Waals surface area contributed by atoms with Gasteiger partial charge in [-0.1, -0.05) is 54.5 Å². The Morgan fingerprint density at radius 2 is 1.93 bits per heavy atom. The van der Waals surface area contributed by atoms with Gasteiger partial charge in [0.1, 0.15) is 0 Å². The first-order valence-electron chi connectivity index (χ1n) is 9.71. The smallest absolute Gasteiger partial charge is 0.266 e. The molecule has 0 radical (unpaired) electrons. The highest BCUT2D eigenvalue weighted by molar-refractivity contribution is 7.98. The molecule has 6 nitrogen and oxygen atoms in total. The topological polar surface area (TPSA) is 73.8 Å². The summed E-state index contributed by atoms with van der Waals surface area (Å²) in [5, 5.41) is 5.48. The summed E-state index contributed by atoms with van der Waals surface area (Å²) in [7, 11) is 0. The normalized spacial score (nSPS) is 12.4. The third-order valence-electron chi connectivity index (χ3n) is 5.03. The van der Waals surface area contributed by atoms with Gasteiger partial charge in [0.2, 0.25) is 5.89 Å². The molecule has 1 atom stereocenters. The molecule has 0 N–H and O–H groups in total. The lowest BCUT2D eigenvalue weighted by Gasteiger charge is -2.14. The minimum atomic E-state index is -0.161. The van der Waals surface area contributed by atoms with Crippen LogP contribution in [0.5, 0.6) is 0 Å². The number of fused-ring (bicyclic) bond motifs is 1. The highest BCUT2D eigenvalue weighted by Gasteiger charge is 2.16. The lowest BCUT2D eigenvalue weighted by Crippen LogP contribution is -2.22. The Bertz CT molecular complexity index is 1250. The Morgan fingerprint density at radius 1 is 1.17 bits per heavy atom. The average Bonchev–Trinajstić information content (AvgIpc) is 3.17. The fraction of sp³-hybridized carbons (Fsp3) is 0.273. The summed E-state index contributed by atoms with van der Waals surface area (Å²) in [5.74, 6) is 1.96. The fourth-order valence-corrected chi connectivity index (χ4v) is 4.21. The van der Waals surface area contributed by atoms with Crippen molar-refractivity contribution in [3.8, 4) is 5.69 Å². The van der Waals surface area contributed by atoms with Gasteiger partial charge in [-0.05, 0) is 48.2 Å². The van der Waals surface area contributed by atoms with Gasteiger partial charge in [0.05, 0.1) is 22.3 Å². The molecule has 0 saturated heterocycles. The first-order valence-corrected chi connectivity index (χ1v) is 11.1. The number of hydrogen-bond acceptors (Lipinski definition) is 6. The molecule has 2 aromatic heterocycles. The van der Waals surface area contributed by atoms with E-state index in [1.54, 1.807) is 29.7 Å². The van der Waals surface area contributed by atoms with Gasteiger partial charge < -0.3 is 4.52 Å². The van der Waals surface area contributed by atoms with E-state index in [4.69, 9.17) is 21.1 Å². The van der Waals surface area contributed by atoms with Gasteiger partial charge in [-0.3, -0.25) is 9.36 Å². The molecule has 0 amide bonds. The minimum Gasteiger partial charge on any atom is -0.340 e. The van der Waals surface area contributed by atoms with E-state index >= 15 is 0 Å². The molecule has 0 aliphatic carbocycles. The van der Waals surface area contributed by atoms with E-state index in [1.165, 1.54) is 17.3 Å². The van der Waals surface area contributed by atoms with Gasteiger partial charge in [0.15, 0.2) is 11.0 Å². The van der Waals surface area contributed by atoms with Crippen molar-refractivity contribution in [1.29, 1.82) is 0 Å². The van der Waals surface area contributed by atoms with Gasteiger partial charge in [-0.25, -0.2) is 4.98 Å². The summed E-state index contributed by atoms with van der Waals surface area (Å²) in [6.45, 7) is 6.09. The van der Waals surface area contributed by atoms with Crippen LogP contribution in [0.2, 0.25) is 5.02 Å². The first-order chi connectivity index (χ1) is 14.5. The van der Waals surface area contributed by atoms with Crippen LogP contribution in [-0.4, -0.2) is 19.7 Å². The molecule has 0 aliphatic rings. The number of hydrogen-bond donors (Lipinski definition) is 0. The summed E-state index contributed by atoms with van der Waals surface area (Å²) in [6.07, 6.45) is 1.06. The summed E-state index contributed by atoms with van der Waals surface area (Å²) in [6, 6.07) is 13.2. The van der Waals surface area contributed by atoms with E-state index in [1.807, 2.05) is 12.1 Å². The van der Waals surface area contributed by atoms with Gasteiger partial charge in [-0.2, -0.15) is 4.98 Å². The van der Waals surface area contributed by atoms with Crippen molar-refractivity contribution in [3.63, 3.8) is 0 Å². The van der Waals surface area contributed by atoms with E-state index < -0.39 is 0 Å². The van der Waals surface area contributed by atoms with E-state index in [0.717, 1.165) is 12.1 Å². The number of rotatable bonds is 6. The number of nitrogens with zero attached hydrogens (tertiary/aromatic N) is 4. The molecule has 4 aromatic rings. The molecule has 0 unspecified atom stereocenters. The zero-order chi connectivity index (χ0) is 21.3. The lowest BCUT2D eigenvalue weighted by molar-refractivity contribution is 0.389. The van der Waals surface area contributed by atoms with Crippen molar-refractivity contribution >= 4 is 34.3 Å². The molecule has 4 rings (SSSR count). The Hall–Kier alpha value is -2.64. The van der Waals surface area contributed by atoms with Gasteiger partial charge >= 0.3 is 0 Å². The zero-order valence-electron chi connectivity index (χ0n) is 16.9. The monoisotopic (exact) mass is 440 g/mol. The zero-order valence-corrected chi connectivity index (χ0v) is 18.5. The van der Waals surface area contributed by atoms with E-state index in [0.29, 0.717) is 44.5 Å². The van der Waals surface area contributed by atoms with Crippen molar-refractivity contribution in [2.45, 2.75) is 44.0 Å². The van der Waals surface area contributed by atoms with Crippen LogP contribution in [0.3, 0.4) is 0 Å². The number of aryl methyl sites for hydroxylation is 1. The molecular formula is C22H21ClN4O2S. The maximum absolute atomic E-state index is 13.4. The Balaban J connectivity index is 1.82. The minimum absolute atomic E-state index is 0.161. The van der Waals surface area contributed by atoms with Crippen molar-refractivity contribution in [3.05, 3.63) is 75.1 Å². The van der Waals surface area contributed by atoms with Gasteiger partial charge in [0, 0.05) is 11.9 Å². The highest BCUT2D eigenvalue weighted by Crippen LogP contribution is 2.26. The molecule has 0 bridgehead atoms. The second-order valence-electron chi connectivity index (χ2n) is 7.12. The first kappa shape index (κ1) is 20.6. The van der Waals surface area contributed by atoms with Gasteiger partial charge in [-0.15, -0.1) is 0 Å². The molecule has 154 valence electrons. The third kappa shape index (κ3) is 4.13. The van der Waals surface area contributed by atoms with Crippen LogP contribution in [0.1, 0.15) is 43.5 Å². The molecule has 30 heavy (non-hydrogen) atoms. The molecule has 2 aromatic carbocycles. The van der Waals surface area contributed by atoms with Crippen LogP contribution >= 0.6 is 23.4 Å².